The summed E-state index contributed by atoms with van der Waals surface area (Å²) in [6.45, 7) is 0. The fourth-order valence-corrected chi connectivity index (χ4v) is 2.88. The first-order chi connectivity index (χ1) is 12.6. The Morgan fingerprint density at radius 2 is 1.81 bits per heavy atom. The SMILES string of the molecule is Oc1ccc(-c2nc3cc(N=Cc4ccccc4O)ccc3o2)cc1Br. The van der Waals surface area contributed by atoms with Crippen molar-refractivity contribution in [2.75, 3.05) is 0 Å². The van der Waals surface area contributed by atoms with E-state index < -0.39 is 0 Å². The van der Waals surface area contributed by atoms with Gasteiger partial charge in [0.1, 0.15) is 17.0 Å². The summed E-state index contributed by atoms with van der Waals surface area (Å²) in [7, 11) is 0. The third-order valence-corrected chi connectivity index (χ3v) is 4.49. The number of phenols is 2. The van der Waals surface area contributed by atoms with Crippen LogP contribution in [0.5, 0.6) is 11.5 Å². The lowest BCUT2D eigenvalue weighted by Crippen LogP contribution is -1.80. The summed E-state index contributed by atoms with van der Waals surface area (Å²) in [6, 6.07) is 17.5. The first-order valence-electron chi connectivity index (χ1n) is 7.82. The molecule has 1 heterocycles. The molecule has 0 unspecified atom stereocenters. The zero-order chi connectivity index (χ0) is 18.1. The normalized spacial score (nSPS) is 11.4. The quantitative estimate of drug-likeness (QED) is 0.443. The molecule has 4 rings (SSSR count). The van der Waals surface area contributed by atoms with Crippen LogP contribution in [0, 0.1) is 0 Å². The van der Waals surface area contributed by atoms with Gasteiger partial charge in [0.15, 0.2) is 5.58 Å². The summed E-state index contributed by atoms with van der Waals surface area (Å²) in [6.07, 6.45) is 1.61. The highest BCUT2D eigenvalue weighted by Gasteiger charge is 2.10. The van der Waals surface area contributed by atoms with Crippen LogP contribution in [0.2, 0.25) is 0 Å². The summed E-state index contributed by atoms with van der Waals surface area (Å²) in [5.74, 6) is 0.798. The van der Waals surface area contributed by atoms with Crippen LogP contribution in [-0.2, 0) is 0 Å². The van der Waals surface area contributed by atoms with Gasteiger partial charge in [0.25, 0.3) is 0 Å². The van der Waals surface area contributed by atoms with Crippen molar-refractivity contribution >= 4 is 38.9 Å². The molecular weight excluding hydrogens is 396 g/mol. The van der Waals surface area contributed by atoms with E-state index in [2.05, 4.69) is 25.9 Å². The molecule has 0 fully saturated rings. The summed E-state index contributed by atoms with van der Waals surface area (Å²) >= 11 is 3.29. The van der Waals surface area contributed by atoms with Gasteiger partial charge in [0.05, 0.1) is 10.2 Å². The fourth-order valence-electron chi connectivity index (χ4n) is 2.50. The predicted octanol–water partition coefficient (Wildman–Crippen LogP) is 5.42. The molecule has 2 N–H and O–H groups in total. The molecule has 3 aromatic carbocycles. The second-order valence-corrected chi connectivity index (χ2v) is 6.51. The maximum atomic E-state index is 9.79. The zero-order valence-electron chi connectivity index (χ0n) is 13.4. The van der Waals surface area contributed by atoms with Crippen LogP contribution in [0.1, 0.15) is 5.56 Å². The van der Waals surface area contributed by atoms with Crippen LogP contribution >= 0.6 is 15.9 Å². The molecule has 1 aromatic heterocycles. The molecule has 5 nitrogen and oxygen atoms in total. The van der Waals surface area contributed by atoms with Gasteiger partial charge in [-0.3, -0.25) is 4.99 Å². The van der Waals surface area contributed by atoms with Crippen LogP contribution in [0.3, 0.4) is 0 Å². The molecule has 0 aliphatic heterocycles. The van der Waals surface area contributed by atoms with Gasteiger partial charge in [-0.15, -0.1) is 0 Å². The second kappa shape index (κ2) is 6.65. The van der Waals surface area contributed by atoms with Gasteiger partial charge in [-0.05, 0) is 64.5 Å². The Hall–Kier alpha value is -3.12. The van der Waals surface area contributed by atoms with Gasteiger partial charge in [-0.25, -0.2) is 4.98 Å². The van der Waals surface area contributed by atoms with E-state index in [0.29, 0.717) is 32.7 Å². The standard InChI is InChI=1S/C20H13BrN2O3/c21-15-9-12(5-7-18(15)25)20-23-16-10-14(6-8-19(16)26-20)22-11-13-3-1-2-4-17(13)24/h1-11,24-25H. The molecule has 4 aromatic rings. The molecule has 0 saturated heterocycles. The minimum Gasteiger partial charge on any atom is -0.507 e. The Morgan fingerprint density at radius 3 is 2.62 bits per heavy atom. The molecule has 0 spiro atoms. The largest absolute Gasteiger partial charge is 0.507 e. The highest BCUT2D eigenvalue weighted by molar-refractivity contribution is 9.10. The molecule has 0 amide bonds. The lowest BCUT2D eigenvalue weighted by molar-refractivity contribution is 0.472. The summed E-state index contributed by atoms with van der Waals surface area (Å²) in [5, 5.41) is 19.4. The minimum atomic E-state index is 0.158. The first kappa shape index (κ1) is 16.4. The van der Waals surface area contributed by atoms with Crippen LogP contribution < -0.4 is 0 Å². The predicted molar refractivity (Wildman–Crippen MR) is 104 cm³/mol. The number of halogens is 1. The molecule has 26 heavy (non-hydrogen) atoms. The molecule has 0 aliphatic rings. The highest BCUT2D eigenvalue weighted by Crippen LogP contribution is 2.32. The van der Waals surface area contributed by atoms with E-state index in [0.717, 1.165) is 5.56 Å². The van der Waals surface area contributed by atoms with E-state index in [-0.39, 0.29) is 11.5 Å². The summed E-state index contributed by atoms with van der Waals surface area (Å²) in [4.78, 5) is 8.88. The number of para-hydroxylation sites is 1. The summed E-state index contributed by atoms with van der Waals surface area (Å²) in [5.41, 5.74) is 3.42. The maximum absolute atomic E-state index is 9.79. The van der Waals surface area contributed by atoms with Crippen molar-refractivity contribution in [2.45, 2.75) is 0 Å². The Bertz CT molecular complexity index is 1140. The first-order valence-corrected chi connectivity index (χ1v) is 8.61. The average Bonchev–Trinajstić information content (AvgIpc) is 3.06. The Balaban J connectivity index is 1.67. The van der Waals surface area contributed by atoms with Gasteiger partial charge in [-0.1, -0.05) is 12.1 Å². The molecule has 0 bridgehead atoms. The van der Waals surface area contributed by atoms with E-state index in [1.807, 2.05) is 18.2 Å². The van der Waals surface area contributed by atoms with Crippen LogP contribution in [0.4, 0.5) is 5.69 Å². The topological polar surface area (TPSA) is 78.9 Å². The van der Waals surface area contributed by atoms with Crippen molar-refractivity contribution in [1.29, 1.82) is 0 Å². The van der Waals surface area contributed by atoms with E-state index in [1.54, 1.807) is 48.7 Å². The Kier molecular flexibility index (Phi) is 4.18. The number of phenolic OH excluding ortho intramolecular Hbond substituents is 2. The number of benzene rings is 3. The number of aromatic hydroxyl groups is 2. The van der Waals surface area contributed by atoms with Crippen molar-refractivity contribution in [3.63, 3.8) is 0 Å². The lowest BCUT2D eigenvalue weighted by atomic mass is 10.2. The number of fused-ring (bicyclic) bond motifs is 1. The van der Waals surface area contributed by atoms with E-state index in [9.17, 15) is 10.2 Å². The average molecular weight is 409 g/mol. The van der Waals surface area contributed by atoms with E-state index in [1.165, 1.54) is 0 Å². The second-order valence-electron chi connectivity index (χ2n) is 5.65. The number of aromatic nitrogens is 1. The molecule has 0 aliphatic carbocycles. The van der Waals surface area contributed by atoms with Crippen molar-refractivity contribution in [1.82, 2.24) is 4.98 Å². The number of hydrogen-bond donors (Lipinski definition) is 2. The van der Waals surface area contributed by atoms with Crippen molar-refractivity contribution in [3.8, 4) is 23.0 Å². The number of aliphatic imine (C=N–C) groups is 1. The van der Waals surface area contributed by atoms with Crippen molar-refractivity contribution in [3.05, 3.63) is 70.7 Å². The van der Waals surface area contributed by atoms with Crippen LogP contribution in [0.15, 0.2) is 74.5 Å². The van der Waals surface area contributed by atoms with Crippen LogP contribution in [-0.4, -0.2) is 21.4 Å². The van der Waals surface area contributed by atoms with Crippen molar-refractivity contribution in [2.24, 2.45) is 4.99 Å². The van der Waals surface area contributed by atoms with Crippen LogP contribution in [0.25, 0.3) is 22.6 Å². The van der Waals surface area contributed by atoms with Gasteiger partial charge in [0.2, 0.25) is 5.89 Å². The number of nitrogens with zero attached hydrogens (tertiary/aromatic N) is 2. The third kappa shape index (κ3) is 3.19. The number of rotatable bonds is 3. The maximum Gasteiger partial charge on any atom is 0.227 e. The summed E-state index contributed by atoms with van der Waals surface area (Å²) < 4.78 is 6.35. The minimum absolute atomic E-state index is 0.158. The zero-order valence-corrected chi connectivity index (χ0v) is 15.0. The van der Waals surface area contributed by atoms with Gasteiger partial charge in [-0.2, -0.15) is 0 Å². The highest BCUT2D eigenvalue weighted by atomic mass is 79.9. The number of oxazole rings is 1. The molecule has 0 radical (unpaired) electrons. The molecule has 6 heteroatoms. The lowest BCUT2D eigenvalue weighted by Gasteiger charge is -1.98. The third-order valence-electron chi connectivity index (χ3n) is 3.86. The molecule has 0 atom stereocenters. The smallest absolute Gasteiger partial charge is 0.227 e. The van der Waals surface area contributed by atoms with E-state index >= 15 is 0 Å². The monoisotopic (exact) mass is 408 g/mol. The van der Waals surface area contributed by atoms with Gasteiger partial charge < -0.3 is 14.6 Å². The van der Waals surface area contributed by atoms with E-state index in [4.69, 9.17) is 4.42 Å². The molecule has 0 saturated carbocycles. The van der Waals surface area contributed by atoms with Gasteiger partial charge >= 0.3 is 0 Å². The Morgan fingerprint density at radius 1 is 0.962 bits per heavy atom. The van der Waals surface area contributed by atoms with Crippen molar-refractivity contribution < 1.29 is 14.6 Å². The Labute approximate surface area is 157 Å². The molecular formula is C20H13BrN2O3. The van der Waals surface area contributed by atoms with Gasteiger partial charge in [0, 0.05) is 17.3 Å². The molecule has 128 valence electrons. The number of hydrogen-bond acceptors (Lipinski definition) is 5. The fraction of sp³-hybridized carbons (Fsp3) is 0.